The van der Waals surface area contributed by atoms with Gasteiger partial charge in [-0.2, -0.15) is 0 Å². The molecule has 0 saturated heterocycles. The summed E-state index contributed by atoms with van der Waals surface area (Å²) >= 11 is 5.70. The van der Waals surface area contributed by atoms with Crippen LogP contribution in [0.5, 0.6) is 0 Å². The Morgan fingerprint density at radius 3 is 2.88 bits per heavy atom. The van der Waals surface area contributed by atoms with Gasteiger partial charge in [0, 0.05) is 24.3 Å². The van der Waals surface area contributed by atoms with E-state index < -0.39 is 0 Å². The van der Waals surface area contributed by atoms with Crippen molar-refractivity contribution in [2.45, 2.75) is 13.0 Å². The Balaban J connectivity index is 2.53. The lowest BCUT2D eigenvalue weighted by molar-refractivity contribution is 0.0943. The Labute approximate surface area is 101 Å². The van der Waals surface area contributed by atoms with Crippen molar-refractivity contribution in [1.29, 1.82) is 0 Å². The van der Waals surface area contributed by atoms with E-state index in [0.29, 0.717) is 23.3 Å². The molecule has 1 unspecified atom stereocenters. The summed E-state index contributed by atoms with van der Waals surface area (Å²) in [7, 11) is 3.94. The van der Waals surface area contributed by atoms with E-state index in [0.717, 1.165) is 0 Å². The van der Waals surface area contributed by atoms with Crippen molar-refractivity contribution in [3.05, 3.63) is 29.0 Å². The van der Waals surface area contributed by atoms with Crippen LogP contribution in [0.2, 0.25) is 5.15 Å². The molecule has 1 aromatic rings. The molecule has 1 atom stereocenters. The van der Waals surface area contributed by atoms with Crippen molar-refractivity contribution in [1.82, 2.24) is 15.2 Å². The van der Waals surface area contributed by atoms with E-state index in [1.54, 1.807) is 12.1 Å². The van der Waals surface area contributed by atoms with Gasteiger partial charge in [-0.1, -0.05) is 11.6 Å². The van der Waals surface area contributed by atoms with E-state index in [-0.39, 0.29) is 5.91 Å². The molecule has 16 heavy (non-hydrogen) atoms. The fraction of sp³-hybridized carbons (Fsp3) is 0.455. The third-order valence-electron chi connectivity index (χ3n) is 2.43. The molecule has 0 spiro atoms. The Morgan fingerprint density at radius 2 is 2.31 bits per heavy atom. The molecule has 0 aliphatic rings. The van der Waals surface area contributed by atoms with Crippen LogP contribution in [0, 0.1) is 0 Å². The van der Waals surface area contributed by atoms with Crippen molar-refractivity contribution in [2.75, 3.05) is 20.6 Å². The van der Waals surface area contributed by atoms with E-state index in [1.165, 1.54) is 6.20 Å². The van der Waals surface area contributed by atoms with E-state index >= 15 is 0 Å². The highest BCUT2D eigenvalue weighted by Crippen LogP contribution is 2.06. The third-order valence-corrected chi connectivity index (χ3v) is 2.64. The van der Waals surface area contributed by atoms with Crippen molar-refractivity contribution in [3.8, 4) is 0 Å². The highest BCUT2D eigenvalue weighted by Gasteiger charge is 2.09. The summed E-state index contributed by atoms with van der Waals surface area (Å²) in [5.41, 5.74) is 0.533. The molecule has 0 saturated carbocycles. The monoisotopic (exact) mass is 241 g/mol. The molecule has 1 aromatic heterocycles. The molecule has 0 fully saturated rings. The minimum Gasteiger partial charge on any atom is -0.350 e. The van der Waals surface area contributed by atoms with Gasteiger partial charge < -0.3 is 10.2 Å². The fourth-order valence-electron chi connectivity index (χ4n) is 1.07. The van der Waals surface area contributed by atoms with Crippen LogP contribution in [-0.4, -0.2) is 42.5 Å². The third kappa shape index (κ3) is 3.79. The summed E-state index contributed by atoms with van der Waals surface area (Å²) in [4.78, 5) is 17.6. The molecule has 0 aliphatic carbocycles. The van der Waals surface area contributed by atoms with Gasteiger partial charge in [0.15, 0.2) is 0 Å². The zero-order valence-electron chi connectivity index (χ0n) is 9.70. The number of nitrogens with one attached hydrogen (secondary N) is 1. The molecule has 4 nitrogen and oxygen atoms in total. The van der Waals surface area contributed by atoms with Gasteiger partial charge in [0.05, 0.1) is 0 Å². The fourth-order valence-corrected chi connectivity index (χ4v) is 1.24. The van der Waals surface area contributed by atoms with Gasteiger partial charge in [-0.15, -0.1) is 0 Å². The number of likely N-dealkylation sites (N-methyl/N-ethyl adjacent to an activating group) is 1. The maximum Gasteiger partial charge on any atom is 0.251 e. The number of hydrogen-bond donors (Lipinski definition) is 1. The van der Waals surface area contributed by atoms with Crippen LogP contribution in [0.15, 0.2) is 18.3 Å². The van der Waals surface area contributed by atoms with E-state index in [2.05, 4.69) is 10.3 Å². The van der Waals surface area contributed by atoms with E-state index in [4.69, 9.17) is 11.6 Å². The number of pyridine rings is 1. The molecule has 0 radical (unpaired) electrons. The summed E-state index contributed by atoms with van der Waals surface area (Å²) in [6.45, 7) is 2.64. The Hall–Kier alpha value is -1.13. The number of amides is 1. The predicted octanol–water partition coefficient (Wildman–Crippen LogP) is 1.41. The molecule has 1 heterocycles. The second-order valence-electron chi connectivity index (χ2n) is 3.89. The first-order chi connectivity index (χ1) is 7.50. The van der Waals surface area contributed by atoms with Crippen LogP contribution in [0.1, 0.15) is 17.3 Å². The largest absolute Gasteiger partial charge is 0.350 e. The summed E-state index contributed by atoms with van der Waals surface area (Å²) < 4.78 is 0. The average Bonchev–Trinajstić information content (AvgIpc) is 2.25. The molecular weight excluding hydrogens is 226 g/mol. The number of carbonyl (C=O) groups excluding carboxylic acids is 1. The van der Waals surface area contributed by atoms with Gasteiger partial charge in [-0.3, -0.25) is 4.79 Å². The Bertz CT molecular complexity index is 368. The summed E-state index contributed by atoms with van der Waals surface area (Å²) in [5.74, 6) is -0.127. The zero-order chi connectivity index (χ0) is 12.1. The topological polar surface area (TPSA) is 45.2 Å². The van der Waals surface area contributed by atoms with Crippen molar-refractivity contribution >= 4 is 17.5 Å². The van der Waals surface area contributed by atoms with Crippen LogP contribution in [0.25, 0.3) is 0 Å². The molecule has 1 N–H and O–H groups in total. The molecular formula is C11H16ClN3O. The number of carbonyl (C=O) groups is 1. The number of aromatic nitrogens is 1. The number of rotatable bonds is 4. The first kappa shape index (κ1) is 12.9. The lowest BCUT2D eigenvalue weighted by atomic mass is 10.2. The lowest BCUT2D eigenvalue weighted by Gasteiger charge is -2.19. The van der Waals surface area contributed by atoms with Crippen LogP contribution < -0.4 is 5.32 Å². The van der Waals surface area contributed by atoms with Crippen LogP contribution in [0.4, 0.5) is 0 Å². The SMILES string of the molecule is CC(CNC(=O)c1ccnc(Cl)c1)N(C)C. The second kappa shape index (κ2) is 5.82. The maximum absolute atomic E-state index is 11.7. The Morgan fingerprint density at radius 1 is 1.62 bits per heavy atom. The summed E-state index contributed by atoms with van der Waals surface area (Å²) in [5, 5.41) is 3.17. The van der Waals surface area contributed by atoms with E-state index in [1.807, 2.05) is 25.9 Å². The van der Waals surface area contributed by atoms with Gasteiger partial charge in [-0.05, 0) is 33.2 Å². The van der Waals surface area contributed by atoms with Crippen LogP contribution in [-0.2, 0) is 0 Å². The minimum absolute atomic E-state index is 0.127. The molecule has 0 bridgehead atoms. The highest BCUT2D eigenvalue weighted by atomic mass is 35.5. The minimum atomic E-state index is -0.127. The molecule has 0 aromatic carbocycles. The van der Waals surface area contributed by atoms with E-state index in [9.17, 15) is 4.79 Å². The standard InChI is InChI=1S/C11H16ClN3O/c1-8(15(2)3)7-14-11(16)9-4-5-13-10(12)6-9/h4-6,8H,7H2,1-3H3,(H,14,16). The molecule has 1 amide bonds. The van der Waals surface area contributed by atoms with Gasteiger partial charge in [-0.25, -0.2) is 4.98 Å². The van der Waals surface area contributed by atoms with Gasteiger partial charge >= 0.3 is 0 Å². The first-order valence-electron chi connectivity index (χ1n) is 5.07. The maximum atomic E-state index is 11.7. The molecule has 88 valence electrons. The zero-order valence-corrected chi connectivity index (χ0v) is 10.5. The summed E-state index contributed by atoms with van der Waals surface area (Å²) in [6, 6.07) is 3.49. The number of nitrogens with zero attached hydrogens (tertiary/aromatic N) is 2. The van der Waals surface area contributed by atoms with Gasteiger partial charge in [0.1, 0.15) is 5.15 Å². The quantitative estimate of drug-likeness (QED) is 0.811. The van der Waals surface area contributed by atoms with Crippen molar-refractivity contribution in [2.24, 2.45) is 0 Å². The van der Waals surface area contributed by atoms with Crippen LogP contribution >= 0.6 is 11.6 Å². The smallest absolute Gasteiger partial charge is 0.251 e. The second-order valence-corrected chi connectivity index (χ2v) is 4.28. The van der Waals surface area contributed by atoms with Gasteiger partial charge in [0.25, 0.3) is 5.91 Å². The number of hydrogen-bond acceptors (Lipinski definition) is 3. The lowest BCUT2D eigenvalue weighted by Crippen LogP contribution is -2.38. The molecule has 0 aliphatic heterocycles. The normalized spacial score (nSPS) is 12.6. The van der Waals surface area contributed by atoms with Crippen molar-refractivity contribution < 1.29 is 4.79 Å². The molecule has 1 rings (SSSR count). The van der Waals surface area contributed by atoms with Crippen LogP contribution in [0.3, 0.4) is 0 Å². The highest BCUT2D eigenvalue weighted by molar-refractivity contribution is 6.29. The van der Waals surface area contributed by atoms with Crippen molar-refractivity contribution in [3.63, 3.8) is 0 Å². The molecule has 5 heteroatoms. The average molecular weight is 242 g/mol. The predicted molar refractivity (Wildman–Crippen MR) is 64.7 cm³/mol. The number of halogens is 1. The van der Waals surface area contributed by atoms with Gasteiger partial charge in [0.2, 0.25) is 0 Å². The summed E-state index contributed by atoms with van der Waals surface area (Å²) in [6.07, 6.45) is 1.52. The first-order valence-corrected chi connectivity index (χ1v) is 5.44. The Kier molecular flexibility index (Phi) is 4.71.